The Morgan fingerprint density at radius 2 is 2.31 bits per heavy atom. The van der Waals surface area contributed by atoms with E-state index < -0.39 is 0 Å². The van der Waals surface area contributed by atoms with Gasteiger partial charge in [-0.3, -0.25) is 4.79 Å². The maximum absolute atomic E-state index is 11.5. The highest BCUT2D eigenvalue weighted by molar-refractivity contribution is 5.06. The van der Waals surface area contributed by atoms with Crippen LogP contribution in [0.4, 0.5) is 0 Å². The van der Waals surface area contributed by atoms with Gasteiger partial charge in [-0.1, -0.05) is 6.92 Å². The van der Waals surface area contributed by atoms with E-state index in [1.54, 1.807) is 6.07 Å². The normalized spacial score (nSPS) is 21.7. The van der Waals surface area contributed by atoms with Gasteiger partial charge in [0, 0.05) is 17.7 Å². The van der Waals surface area contributed by atoms with Crippen molar-refractivity contribution in [2.24, 2.45) is 0 Å². The molecule has 1 aliphatic heterocycles. The number of aromatic nitrogens is 2. The van der Waals surface area contributed by atoms with Gasteiger partial charge < -0.3 is 10.3 Å². The first kappa shape index (κ1) is 11.3. The molecule has 1 saturated heterocycles. The molecule has 2 N–H and O–H groups in total. The number of aryl methyl sites for hydroxylation is 1. The van der Waals surface area contributed by atoms with E-state index >= 15 is 0 Å². The largest absolute Gasteiger partial charge is 0.317 e. The van der Waals surface area contributed by atoms with Crippen LogP contribution in [-0.2, 0) is 6.42 Å². The van der Waals surface area contributed by atoms with Crippen LogP contribution in [0.3, 0.4) is 0 Å². The van der Waals surface area contributed by atoms with E-state index in [2.05, 4.69) is 15.3 Å². The maximum atomic E-state index is 11.5. The van der Waals surface area contributed by atoms with Crippen molar-refractivity contribution in [1.82, 2.24) is 15.3 Å². The Balaban J connectivity index is 2.23. The van der Waals surface area contributed by atoms with Gasteiger partial charge in [0.1, 0.15) is 5.82 Å². The summed E-state index contributed by atoms with van der Waals surface area (Å²) >= 11 is 0. The van der Waals surface area contributed by atoms with Crippen LogP contribution in [0.5, 0.6) is 0 Å². The highest BCUT2D eigenvalue weighted by atomic mass is 16.1. The van der Waals surface area contributed by atoms with Crippen LogP contribution < -0.4 is 10.9 Å². The second-order valence-electron chi connectivity index (χ2n) is 4.35. The summed E-state index contributed by atoms with van der Waals surface area (Å²) in [7, 11) is 0. The van der Waals surface area contributed by atoms with E-state index in [0.717, 1.165) is 50.3 Å². The van der Waals surface area contributed by atoms with Gasteiger partial charge in [-0.25, -0.2) is 4.98 Å². The van der Waals surface area contributed by atoms with E-state index in [9.17, 15) is 4.79 Å². The number of nitrogens with one attached hydrogen (secondary N) is 2. The Bertz CT molecular complexity index is 391. The molecule has 1 aromatic rings. The van der Waals surface area contributed by atoms with Gasteiger partial charge in [-0.2, -0.15) is 0 Å². The average Bonchev–Trinajstić information content (AvgIpc) is 2.56. The molecule has 0 radical (unpaired) electrons. The summed E-state index contributed by atoms with van der Waals surface area (Å²) in [5.74, 6) is 1.29. The highest BCUT2D eigenvalue weighted by Gasteiger charge is 2.16. The fourth-order valence-corrected chi connectivity index (χ4v) is 2.20. The van der Waals surface area contributed by atoms with E-state index in [1.165, 1.54) is 0 Å². The zero-order chi connectivity index (χ0) is 11.4. The van der Waals surface area contributed by atoms with Gasteiger partial charge in [0.2, 0.25) is 0 Å². The van der Waals surface area contributed by atoms with Gasteiger partial charge in [0.25, 0.3) is 5.56 Å². The molecule has 1 aromatic heterocycles. The van der Waals surface area contributed by atoms with Crippen molar-refractivity contribution in [2.75, 3.05) is 13.1 Å². The number of rotatable bonds is 2. The predicted octanol–water partition coefficient (Wildman–Crippen LogP) is 1.19. The van der Waals surface area contributed by atoms with Crippen LogP contribution in [0, 0.1) is 0 Å². The van der Waals surface area contributed by atoms with Crippen molar-refractivity contribution in [3.8, 4) is 0 Å². The molecule has 0 amide bonds. The zero-order valence-electron chi connectivity index (χ0n) is 9.75. The third-order valence-corrected chi connectivity index (χ3v) is 3.14. The summed E-state index contributed by atoms with van der Waals surface area (Å²) < 4.78 is 0. The van der Waals surface area contributed by atoms with Crippen LogP contribution in [0.15, 0.2) is 10.9 Å². The molecule has 0 aromatic carbocycles. The fraction of sp³-hybridized carbons (Fsp3) is 0.667. The van der Waals surface area contributed by atoms with Crippen LogP contribution >= 0.6 is 0 Å². The molecule has 2 rings (SSSR count). The lowest BCUT2D eigenvalue weighted by molar-refractivity contribution is 0.569. The number of hydrogen-bond donors (Lipinski definition) is 2. The summed E-state index contributed by atoms with van der Waals surface area (Å²) in [6.07, 6.45) is 4.16. The first-order valence-corrected chi connectivity index (χ1v) is 6.10. The highest BCUT2D eigenvalue weighted by Crippen LogP contribution is 2.22. The smallest absolute Gasteiger partial charge is 0.251 e. The Morgan fingerprint density at radius 1 is 1.44 bits per heavy atom. The monoisotopic (exact) mass is 221 g/mol. The lowest BCUT2D eigenvalue weighted by atomic mass is 10.00. The SMILES string of the molecule is CCc1cc(=O)[nH]c(C2CCCNCC2)n1. The van der Waals surface area contributed by atoms with E-state index in [4.69, 9.17) is 0 Å². The summed E-state index contributed by atoms with van der Waals surface area (Å²) in [4.78, 5) is 18.9. The summed E-state index contributed by atoms with van der Waals surface area (Å²) in [5.41, 5.74) is 0.884. The molecule has 4 nitrogen and oxygen atoms in total. The van der Waals surface area contributed by atoms with Crippen molar-refractivity contribution in [3.05, 3.63) is 27.9 Å². The van der Waals surface area contributed by atoms with Crippen LogP contribution in [0.2, 0.25) is 0 Å². The molecule has 0 aliphatic carbocycles. The van der Waals surface area contributed by atoms with Gasteiger partial charge >= 0.3 is 0 Å². The van der Waals surface area contributed by atoms with Crippen LogP contribution in [0.1, 0.15) is 43.6 Å². The molecule has 0 bridgehead atoms. The van der Waals surface area contributed by atoms with Crippen molar-refractivity contribution in [2.45, 2.75) is 38.5 Å². The van der Waals surface area contributed by atoms with Crippen molar-refractivity contribution in [1.29, 1.82) is 0 Å². The van der Waals surface area contributed by atoms with Gasteiger partial charge in [-0.15, -0.1) is 0 Å². The minimum Gasteiger partial charge on any atom is -0.317 e. The molecule has 16 heavy (non-hydrogen) atoms. The molecule has 4 heteroatoms. The van der Waals surface area contributed by atoms with E-state index in [-0.39, 0.29) is 5.56 Å². The molecule has 88 valence electrons. The minimum absolute atomic E-state index is 0.0148. The first-order valence-electron chi connectivity index (χ1n) is 6.10. The van der Waals surface area contributed by atoms with Gasteiger partial charge in [0.05, 0.1) is 0 Å². The third-order valence-electron chi connectivity index (χ3n) is 3.14. The predicted molar refractivity (Wildman–Crippen MR) is 63.7 cm³/mol. The molecular formula is C12H19N3O. The minimum atomic E-state index is -0.0148. The Morgan fingerprint density at radius 3 is 3.12 bits per heavy atom. The molecule has 1 aliphatic rings. The van der Waals surface area contributed by atoms with Crippen molar-refractivity contribution >= 4 is 0 Å². The number of aromatic amines is 1. The number of nitrogens with zero attached hydrogens (tertiary/aromatic N) is 1. The van der Waals surface area contributed by atoms with Gasteiger partial charge in [0.15, 0.2) is 0 Å². The summed E-state index contributed by atoms with van der Waals surface area (Å²) in [6.45, 7) is 4.12. The molecule has 1 fully saturated rings. The molecular weight excluding hydrogens is 202 g/mol. The lowest BCUT2D eigenvalue weighted by Crippen LogP contribution is -2.17. The van der Waals surface area contributed by atoms with Crippen LogP contribution in [0.25, 0.3) is 0 Å². The second kappa shape index (κ2) is 5.25. The summed E-state index contributed by atoms with van der Waals surface area (Å²) in [5, 5.41) is 3.37. The molecule has 0 saturated carbocycles. The first-order chi connectivity index (χ1) is 7.79. The van der Waals surface area contributed by atoms with E-state index in [0.29, 0.717) is 5.92 Å². The molecule has 2 heterocycles. The Labute approximate surface area is 95.5 Å². The molecule has 1 atom stereocenters. The average molecular weight is 221 g/mol. The lowest BCUT2D eigenvalue weighted by Gasteiger charge is -2.13. The number of hydrogen-bond acceptors (Lipinski definition) is 3. The number of H-pyrrole nitrogens is 1. The molecule has 1 unspecified atom stereocenters. The quantitative estimate of drug-likeness (QED) is 0.788. The van der Waals surface area contributed by atoms with Crippen molar-refractivity contribution < 1.29 is 0 Å². The third kappa shape index (κ3) is 2.70. The van der Waals surface area contributed by atoms with Crippen LogP contribution in [-0.4, -0.2) is 23.1 Å². The van der Waals surface area contributed by atoms with Gasteiger partial charge in [-0.05, 0) is 38.8 Å². The van der Waals surface area contributed by atoms with E-state index in [1.807, 2.05) is 6.92 Å². The summed E-state index contributed by atoms with van der Waals surface area (Å²) in [6, 6.07) is 1.60. The fourth-order valence-electron chi connectivity index (χ4n) is 2.20. The maximum Gasteiger partial charge on any atom is 0.251 e. The molecule has 0 spiro atoms. The Kier molecular flexibility index (Phi) is 3.72. The standard InChI is InChI=1S/C12H19N3O/c1-2-10-8-11(16)15-12(14-10)9-4-3-6-13-7-5-9/h8-9,13H,2-7H2,1H3,(H,14,15,16). The van der Waals surface area contributed by atoms with Crippen molar-refractivity contribution in [3.63, 3.8) is 0 Å². The second-order valence-corrected chi connectivity index (χ2v) is 4.35. The zero-order valence-corrected chi connectivity index (χ0v) is 9.75. The topological polar surface area (TPSA) is 57.8 Å². The Hall–Kier alpha value is -1.16.